The van der Waals surface area contributed by atoms with Crippen LogP contribution in [0.1, 0.15) is 18.9 Å². The molecule has 4 heteroatoms. The summed E-state index contributed by atoms with van der Waals surface area (Å²) in [7, 11) is 1.59. The predicted molar refractivity (Wildman–Crippen MR) is 87.5 cm³/mol. The van der Waals surface area contributed by atoms with Gasteiger partial charge < -0.3 is 14.8 Å². The van der Waals surface area contributed by atoms with Crippen LogP contribution < -0.4 is 14.8 Å². The molecule has 0 radical (unpaired) electrons. The van der Waals surface area contributed by atoms with Crippen molar-refractivity contribution >= 4 is 11.6 Å². The third kappa shape index (κ3) is 4.01. The summed E-state index contributed by atoms with van der Waals surface area (Å²) in [6.07, 6.45) is 0.0525. The predicted octanol–water partition coefficient (Wildman–Crippen LogP) is 3.80. The summed E-state index contributed by atoms with van der Waals surface area (Å²) in [5.74, 6) is 1.26. The zero-order valence-electron chi connectivity index (χ0n) is 13.1. The van der Waals surface area contributed by atoms with Gasteiger partial charge in [0.15, 0.2) is 6.10 Å². The van der Waals surface area contributed by atoms with Crippen molar-refractivity contribution in [2.24, 2.45) is 0 Å². The molecular weight excluding hydrogens is 278 g/mol. The average molecular weight is 299 g/mol. The zero-order valence-corrected chi connectivity index (χ0v) is 13.1. The first kappa shape index (κ1) is 15.9. The Kier molecular flexibility index (Phi) is 5.42. The SMILES string of the molecule is CC[C@H](Oc1ccccc1C)C(=O)Nc1cccc(OC)c1. The van der Waals surface area contributed by atoms with Crippen molar-refractivity contribution in [3.63, 3.8) is 0 Å². The molecule has 2 aromatic carbocycles. The zero-order chi connectivity index (χ0) is 15.9. The Morgan fingerprint density at radius 1 is 1.18 bits per heavy atom. The largest absolute Gasteiger partial charge is 0.497 e. The highest BCUT2D eigenvalue weighted by molar-refractivity contribution is 5.94. The van der Waals surface area contributed by atoms with Crippen LogP contribution in [0, 0.1) is 6.92 Å². The smallest absolute Gasteiger partial charge is 0.265 e. The number of carbonyl (C=O) groups is 1. The van der Waals surface area contributed by atoms with Gasteiger partial charge in [-0.2, -0.15) is 0 Å². The molecule has 22 heavy (non-hydrogen) atoms. The van der Waals surface area contributed by atoms with Crippen molar-refractivity contribution in [1.29, 1.82) is 0 Å². The summed E-state index contributed by atoms with van der Waals surface area (Å²) in [5, 5.41) is 2.86. The summed E-state index contributed by atoms with van der Waals surface area (Å²) in [6.45, 7) is 3.89. The molecular formula is C18H21NO3. The molecule has 0 saturated carbocycles. The Morgan fingerprint density at radius 3 is 2.64 bits per heavy atom. The highest BCUT2D eigenvalue weighted by Gasteiger charge is 2.19. The third-order valence-electron chi connectivity index (χ3n) is 3.36. The molecule has 4 nitrogen and oxygen atoms in total. The lowest BCUT2D eigenvalue weighted by atomic mass is 10.2. The van der Waals surface area contributed by atoms with E-state index in [1.165, 1.54) is 0 Å². The highest BCUT2D eigenvalue weighted by atomic mass is 16.5. The van der Waals surface area contributed by atoms with Gasteiger partial charge in [0.1, 0.15) is 11.5 Å². The molecule has 0 saturated heterocycles. The summed E-state index contributed by atoms with van der Waals surface area (Å²) in [5.41, 5.74) is 1.70. The molecule has 0 aliphatic heterocycles. The van der Waals surface area contributed by atoms with E-state index in [1.807, 2.05) is 56.3 Å². The molecule has 0 unspecified atom stereocenters. The Bertz CT molecular complexity index is 640. The van der Waals surface area contributed by atoms with Crippen LogP contribution in [0.5, 0.6) is 11.5 Å². The van der Waals surface area contributed by atoms with Crippen molar-refractivity contribution in [2.45, 2.75) is 26.4 Å². The minimum absolute atomic E-state index is 0.168. The van der Waals surface area contributed by atoms with Crippen LogP contribution in [-0.4, -0.2) is 19.1 Å². The molecule has 116 valence electrons. The van der Waals surface area contributed by atoms with E-state index in [0.29, 0.717) is 17.9 Å². The summed E-state index contributed by atoms with van der Waals surface area (Å²) >= 11 is 0. The van der Waals surface area contributed by atoms with Gasteiger partial charge in [-0.15, -0.1) is 0 Å². The summed E-state index contributed by atoms with van der Waals surface area (Å²) < 4.78 is 11.0. The van der Waals surface area contributed by atoms with E-state index in [-0.39, 0.29) is 5.91 Å². The van der Waals surface area contributed by atoms with Crippen molar-refractivity contribution in [1.82, 2.24) is 0 Å². The molecule has 2 rings (SSSR count). The summed E-state index contributed by atoms with van der Waals surface area (Å²) in [6, 6.07) is 14.9. The van der Waals surface area contributed by atoms with Crippen LogP contribution in [-0.2, 0) is 4.79 Å². The Labute approximate surface area is 131 Å². The van der Waals surface area contributed by atoms with Gasteiger partial charge in [0.25, 0.3) is 5.91 Å². The number of nitrogens with one attached hydrogen (secondary N) is 1. The number of carbonyl (C=O) groups excluding carboxylic acids is 1. The van der Waals surface area contributed by atoms with Gasteiger partial charge in [0.2, 0.25) is 0 Å². The molecule has 0 spiro atoms. The van der Waals surface area contributed by atoms with Gasteiger partial charge in [-0.25, -0.2) is 0 Å². The number of anilines is 1. The number of ether oxygens (including phenoxy) is 2. The molecule has 1 atom stereocenters. The fourth-order valence-corrected chi connectivity index (χ4v) is 2.09. The number of hydrogen-bond donors (Lipinski definition) is 1. The van der Waals surface area contributed by atoms with Crippen molar-refractivity contribution in [3.8, 4) is 11.5 Å². The number of rotatable bonds is 6. The average Bonchev–Trinajstić information content (AvgIpc) is 2.54. The molecule has 2 aromatic rings. The van der Waals surface area contributed by atoms with Gasteiger partial charge in [0.05, 0.1) is 7.11 Å². The van der Waals surface area contributed by atoms with Gasteiger partial charge in [-0.05, 0) is 37.1 Å². The lowest BCUT2D eigenvalue weighted by Gasteiger charge is -2.18. The molecule has 0 fully saturated rings. The highest BCUT2D eigenvalue weighted by Crippen LogP contribution is 2.21. The van der Waals surface area contributed by atoms with Crippen LogP contribution in [0.25, 0.3) is 0 Å². The Balaban J connectivity index is 2.07. The maximum atomic E-state index is 12.4. The van der Waals surface area contributed by atoms with Gasteiger partial charge >= 0.3 is 0 Å². The lowest BCUT2D eigenvalue weighted by molar-refractivity contribution is -0.122. The lowest BCUT2D eigenvalue weighted by Crippen LogP contribution is -2.32. The standard InChI is InChI=1S/C18H21NO3/c1-4-16(22-17-11-6-5-8-13(17)2)18(20)19-14-9-7-10-15(12-14)21-3/h5-12,16H,4H2,1-3H3,(H,19,20)/t16-/m0/s1. The minimum Gasteiger partial charge on any atom is -0.497 e. The van der Waals surface area contributed by atoms with E-state index in [4.69, 9.17) is 9.47 Å². The number of benzene rings is 2. The fourth-order valence-electron chi connectivity index (χ4n) is 2.09. The fraction of sp³-hybridized carbons (Fsp3) is 0.278. The van der Waals surface area contributed by atoms with Crippen LogP contribution in [0.15, 0.2) is 48.5 Å². The molecule has 1 N–H and O–H groups in total. The van der Waals surface area contributed by atoms with Crippen molar-refractivity contribution in [3.05, 3.63) is 54.1 Å². The normalized spacial score (nSPS) is 11.6. The monoisotopic (exact) mass is 299 g/mol. The van der Waals surface area contributed by atoms with E-state index >= 15 is 0 Å². The van der Waals surface area contributed by atoms with E-state index in [1.54, 1.807) is 13.2 Å². The maximum Gasteiger partial charge on any atom is 0.265 e. The number of methoxy groups -OCH3 is 1. The van der Waals surface area contributed by atoms with Crippen LogP contribution in [0.2, 0.25) is 0 Å². The number of aryl methyl sites for hydroxylation is 1. The second-order valence-electron chi connectivity index (χ2n) is 5.00. The van der Waals surface area contributed by atoms with E-state index < -0.39 is 6.10 Å². The second kappa shape index (κ2) is 7.50. The second-order valence-corrected chi connectivity index (χ2v) is 5.00. The number of hydrogen-bond acceptors (Lipinski definition) is 3. The third-order valence-corrected chi connectivity index (χ3v) is 3.36. The molecule has 0 aliphatic rings. The van der Waals surface area contributed by atoms with Gasteiger partial charge in [0, 0.05) is 11.8 Å². The van der Waals surface area contributed by atoms with E-state index in [9.17, 15) is 4.79 Å². The molecule has 0 aliphatic carbocycles. The molecule has 0 aromatic heterocycles. The quantitative estimate of drug-likeness (QED) is 0.882. The first-order chi connectivity index (χ1) is 10.6. The number of para-hydroxylation sites is 1. The topological polar surface area (TPSA) is 47.6 Å². The van der Waals surface area contributed by atoms with Crippen LogP contribution >= 0.6 is 0 Å². The first-order valence-electron chi connectivity index (χ1n) is 7.31. The van der Waals surface area contributed by atoms with Crippen molar-refractivity contribution in [2.75, 3.05) is 12.4 Å². The first-order valence-corrected chi connectivity index (χ1v) is 7.31. The van der Waals surface area contributed by atoms with E-state index in [2.05, 4.69) is 5.32 Å². The van der Waals surface area contributed by atoms with E-state index in [0.717, 1.165) is 11.3 Å². The minimum atomic E-state index is -0.535. The molecule has 0 heterocycles. The Morgan fingerprint density at radius 2 is 1.95 bits per heavy atom. The van der Waals surface area contributed by atoms with Gasteiger partial charge in [-0.1, -0.05) is 31.2 Å². The molecule has 0 bridgehead atoms. The summed E-state index contributed by atoms with van der Waals surface area (Å²) in [4.78, 5) is 12.4. The van der Waals surface area contributed by atoms with Gasteiger partial charge in [-0.3, -0.25) is 4.79 Å². The molecule has 1 amide bonds. The van der Waals surface area contributed by atoms with Crippen LogP contribution in [0.3, 0.4) is 0 Å². The maximum absolute atomic E-state index is 12.4. The van der Waals surface area contributed by atoms with Crippen LogP contribution in [0.4, 0.5) is 5.69 Å². The Hall–Kier alpha value is -2.49. The van der Waals surface area contributed by atoms with Crippen molar-refractivity contribution < 1.29 is 14.3 Å². The number of amides is 1.